The first kappa shape index (κ1) is 16.0. The summed E-state index contributed by atoms with van der Waals surface area (Å²) in [5.41, 5.74) is 3.28. The number of anilines is 2. The average molecular weight is 337 g/mol. The molecule has 2 aromatic rings. The van der Waals surface area contributed by atoms with E-state index in [9.17, 15) is 4.79 Å². The summed E-state index contributed by atoms with van der Waals surface area (Å²) in [6, 6.07) is 16.5. The predicted octanol–water partition coefficient (Wildman–Crippen LogP) is 2.06. The second kappa shape index (κ2) is 7.15. The summed E-state index contributed by atoms with van der Waals surface area (Å²) in [6.07, 6.45) is 0.839. The number of nitrogens with zero attached hydrogens (tertiary/aromatic N) is 2. The maximum atomic E-state index is 12.3. The van der Waals surface area contributed by atoms with E-state index in [4.69, 9.17) is 4.74 Å². The highest BCUT2D eigenvalue weighted by atomic mass is 16.5. The molecule has 5 nitrogen and oxygen atoms in total. The molecule has 25 heavy (non-hydrogen) atoms. The largest absolute Gasteiger partial charge is 0.481 e. The van der Waals surface area contributed by atoms with Crippen LogP contribution < -0.4 is 19.9 Å². The molecule has 2 aliphatic heterocycles. The number of ether oxygens (including phenoxy) is 1. The van der Waals surface area contributed by atoms with Gasteiger partial charge in [0.15, 0.2) is 6.61 Å². The van der Waals surface area contributed by atoms with Crippen LogP contribution in [0, 0.1) is 0 Å². The topological polar surface area (TPSA) is 44.8 Å². The number of nitrogens with one attached hydrogen (secondary N) is 1. The molecule has 0 unspecified atom stereocenters. The average Bonchev–Trinajstić information content (AvgIpc) is 2.68. The molecule has 2 aliphatic rings. The Morgan fingerprint density at radius 3 is 2.64 bits per heavy atom. The van der Waals surface area contributed by atoms with Crippen LogP contribution in [0.2, 0.25) is 0 Å². The van der Waals surface area contributed by atoms with Crippen molar-refractivity contribution < 1.29 is 9.53 Å². The molecule has 1 saturated heterocycles. The van der Waals surface area contributed by atoms with Crippen LogP contribution in [-0.2, 0) is 11.2 Å². The lowest BCUT2D eigenvalue weighted by Gasteiger charge is -2.33. The Bertz CT molecular complexity index is 742. The Morgan fingerprint density at radius 1 is 1.04 bits per heavy atom. The number of fused-ring (bicyclic) bond motifs is 1. The molecule has 0 saturated carbocycles. The Kier molecular flexibility index (Phi) is 4.57. The highest BCUT2D eigenvalue weighted by Crippen LogP contribution is 2.35. The number of amides is 1. The summed E-state index contributed by atoms with van der Waals surface area (Å²) >= 11 is 0. The molecule has 1 amide bonds. The Labute approximate surface area is 148 Å². The first-order valence-corrected chi connectivity index (χ1v) is 8.88. The van der Waals surface area contributed by atoms with Crippen molar-refractivity contribution in [3.8, 4) is 5.75 Å². The van der Waals surface area contributed by atoms with E-state index in [1.54, 1.807) is 0 Å². The highest BCUT2D eigenvalue weighted by Gasteiger charge is 2.26. The van der Waals surface area contributed by atoms with Gasteiger partial charge in [-0.25, -0.2) is 0 Å². The van der Waals surface area contributed by atoms with E-state index in [1.165, 1.54) is 5.56 Å². The lowest BCUT2D eigenvalue weighted by atomic mass is 10.1. The van der Waals surface area contributed by atoms with Crippen LogP contribution in [0.3, 0.4) is 0 Å². The van der Waals surface area contributed by atoms with Gasteiger partial charge in [0.2, 0.25) is 0 Å². The minimum Gasteiger partial charge on any atom is -0.481 e. The minimum absolute atomic E-state index is 0.0263. The molecule has 1 fully saturated rings. The summed E-state index contributed by atoms with van der Waals surface area (Å²) in [4.78, 5) is 16.6. The zero-order valence-corrected chi connectivity index (χ0v) is 14.3. The molecule has 2 heterocycles. The number of hydrogen-bond donors (Lipinski definition) is 1. The van der Waals surface area contributed by atoms with Crippen LogP contribution >= 0.6 is 0 Å². The minimum atomic E-state index is 0.0263. The number of benzene rings is 2. The van der Waals surface area contributed by atoms with Crippen molar-refractivity contribution in [2.24, 2.45) is 0 Å². The SMILES string of the molecule is O=C1COc2cc(N3CCNCC3)ccc2N1CCc1ccccc1. The number of carbonyl (C=O) groups excluding carboxylic acids is 1. The number of piperazine rings is 1. The summed E-state index contributed by atoms with van der Waals surface area (Å²) in [5, 5.41) is 3.37. The van der Waals surface area contributed by atoms with Crippen LogP contribution in [0.15, 0.2) is 48.5 Å². The number of rotatable bonds is 4. The molecule has 0 bridgehead atoms. The lowest BCUT2D eigenvalue weighted by molar-refractivity contribution is -0.121. The zero-order valence-electron chi connectivity index (χ0n) is 14.3. The molecule has 0 atom stereocenters. The number of carbonyl (C=O) groups is 1. The zero-order chi connectivity index (χ0) is 17.1. The molecule has 0 aromatic heterocycles. The van der Waals surface area contributed by atoms with Gasteiger partial charge in [-0.1, -0.05) is 30.3 Å². The van der Waals surface area contributed by atoms with Gasteiger partial charge in [-0.3, -0.25) is 4.79 Å². The van der Waals surface area contributed by atoms with Crippen molar-refractivity contribution in [2.45, 2.75) is 6.42 Å². The molecule has 5 heteroatoms. The van der Waals surface area contributed by atoms with E-state index in [0.29, 0.717) is 6.54 Å². The molecule has 0 spiro atoms. The molecular formula is C20H23N3O2. The van der Waals surface area contributed by atoms with Crippen LogP contribution in [-0.4, -0.2) is 45.2 Å². The fourth-order valence-electron chi connectivity index (χ4n) is 3.44. The quantitative estimate of drug-likeness (QED) is 0.928. The Balaban J connectivity index is 1.53. The fourth-order valence-corrected chi connectivity index (χ4v) is 3.44. The highest BCUT2D eigenvalue weighted by molar-refractivity contribution is 5.98. The summed E-state index contributed by atoms with van der Waals surface area (Å²) in [5.74, 6) is 0.835. The second-order valence-electron chi connectivity index (χ2n) is 6.46. The molecule has 0 radical (unpaired) electrons. The van der Waals surface area contributed by atoms with Gasteiger partial charge < -0.3 is 19.9 Å². The van der Waals surface area contributed by atoms with Crippen molar-refractivity contribution in [3.05, 3.63) is 54.1 Å². The third-order valence-corrected chi connectivity index (χ3v) is 4.84. The maximum Gasteiger partial charge on any atom is 0.265 e. The predicted molar refractivity (Wildman–Crippen MR) is 99.5 cm³/mol. The lowest BCUT2D eigenvalue weighted by Crippen LogP contribution is -2.44. The van der Waals surface area contributed by atoms with Gasteiger partial charge in [-0.15, -0.1) is 0 Å². The number of hydrogen-bond acceptors (Lipinski definition) is 4. The van der Waals surface area contributed by atoms with Crippen molar-refractivity contribution in [3.63, 3.8) is 0 Å². The van der Waals surface area contributed by atoms with Crippen LogP contribution in [0.1, 0.15) is 5.56 Å². The summed E-state index contributed by atoms with van der Waals surface area (Å²) in [6.45, 7) is 4.78. The standard InChI is InChI=1S/C20H23N3O2/c24-20-15-25-19-14-17(22-12-9-21-10-13-22)6-7-18(19)23(20)11-8-16-4-2-1-3-5-16/h1-7,14,21H,8-13,15H2. The van der Waals surface area contributed by atoms with Crippen LogP contribution in [0.25, 0.3) is 0 Å². The molecule has 1 N–H and O–H groups in total. The van der Waals surface area contributed by atoms with Gasteiger partial charge in [0, 0.05) is 44.5 Å². The molecule has 2 aromatic carbocycles. The second-order valence-corrected chi connectivity index (χ2v) is 6.46. The van der Waals surface area contributed by atoms with Crippen LogP contribution in [0.5, 0.6) is 5.75 Å². The smallest absolute Gasteiger partial charge is 0.265 e. The van der Waals surface area contributed by atoms with Crippen molar-refractivity contribution in [1.82, 2.24) is 5.32 Å². The molecule has 130 valence electrons. The summed E-state index contributed by atoms with van der Waals surface area (Å²) in [7, 11) is 0. The Morgan fingerprint density at radius 2 is 1.84 bits per heavy atom. The fraction of sp³-hybridized carbons (Fsp3) is 0.350. The molecular weight excluding hydrogens is 314 g/mol. The third kappa shape index (κ3) is 3.46. The van der Waals surface area contributed by atoms with E-state index < -0.39 is 0 Å². The van der Waals surface area contributed by atoms with E-state index in [1.807, 2.05) is 29.2 Å². The summed E-state index contributed by atoms with van der Waals surface area (Å²) < 4.78 is 5.72. The van der Waals surface area contributed by atoms with E-state index >= 15 is 0 Å². The Hall–Kier alpha value is -2.53. The van der Waals surface area contributed by atoms with Gasteiger partial charge in [-0.05, 0) is 24.1 Å². The van der Waals surface area contributed by atoms with Gasteiger partial charge in [0.05, 0.1) is 5.69 Å². The van der Waals surface area contributed by atoms with Crippen molar-refractivity contribution in [2.75, 3.05) is 49.1 Å². The van der Waals surface area contributed by atoms with E-state index in [2.05, 4.69) is 34.5 Å². The normalized spacial score (nSPS) is 17.2. The first-order chi connectivity index (χ1) is 12.3. The third-order valence-electron chi connectivity index (χ3n) is 4.84. The van der Waals surface area contributed by atoms with E-state index in [0.717, 1.165) is 49.7 Å². The molecule has 0 aliphatic carbocycles. The van der Waals surface area contributed by atoms with Crippen molar-refractivity contribution >= 4 is 17.3 Å². The van der Waals surface area contributed by atoms with E-state index in [-0.39, 0.29) is 12.5 Å². The van der Waals surface area contributed by atoms with Crippen molar-refractivity contribution in [1.29, 1.82) is 0 Å². The van der Waals surface area contributed by atoms with Gasteiger partial charge in [0.1, 0.15) is 5.75 Å². The maximum absolute atomic E-state index is 12.3. The monoisotopic (exact) mass is 337 g/mol. The molecule has 4 rings (SSSR count). The first-order valence-electron chi connectivity index (χ1n) is 8.88. The van der Waals surface area contributed by atoms with Crippen LogP contribution in [0.4, 0.5) is 11.4 Å². The van der Waals surface area contributed by atoms with Gasteiger partial charge >= 0.3 is 0 Å². The van der Waals surface area contributed by atoms with Gasteiger partial charge in [0.25, 0.3) is 5.91 Å². The van der Waals surface area contributed by atoms with Gasteiger partial charge in [-0.2, -0.15) is 0 Å².